The molecule has 116 valence electrons. The number of H-pyrrole nitrogens is 2. The van der Waals surface area contributed by atoms with Crippen molar-refractivity contribution in [3.63, 3.8) is 0 Å². The molecule has 1 aromatic carbocycles. The molecule has 8 nitrogen and oxygen atoms in total. The highest BCUT2D eigenvalue weighted by atomic mass is 16.5. The maximum atomic E-state index is 11.7. The van der Waals surface area contributed by atoms with Crippen LogP contribution in [0.15, 0.2) is 29.3 Å². The van der Waals surface area contributed by atoms with E-state index in [-0.39, 0.29) is 11.4 Å². The molecule has 8 heteroatoms. The van der Waals surface area contributed by atoms with E-state index in [1.54, 1.807) is 6.21 Å². The fraction of sp³-hybridized carbons (Fsp3) is 0.133. The molecule has 3 aromatic rings. The number of methoxy groups -OCH3 is 1. The Bertz CT molecular complexity index is 940. The predicted octanol–water partition coefficient (Wildman–Crippen LogP) is 2.45. The van der Waals surface area contributed by atoms with Crippen LogP contribution in [-0.2, 0) is 0 Å². The van der Waals surface area contributed by atoms with Crippen LogP contribution in [-0.4, -0.2) is 46.1 Å². The summed E-state index contributed by atoms with van der Waals surface area (Å²) in [6.45, 7) is 0.420. The van der Waals surface area contributed by atoms with Gasteiger partial charge in [0.25, 0.3) is 0 Å². The van der Waals surface area contributed by atoms with Gasteiger partial charge in [0, 0.05) is 11.6 Å². The molecule has 4 rings (SSSR count). The van der Waals surface area contributed by atoms with Crippen LogP contribution in [0, 0.1) is 0 Å². The number of nitrogens with zero attached hydrogens (tertiary/aromatic N) is 3. The van der Waals surface area contributed by atoms with Gasteiger partial charge in [-0.05, 0) is 12.1 Å². The number of nitrogens with one attached hydrogen (secondary N) is 2. The fourth-order valence-corrected chi connectivity index (χ4v) is 2.82. The van der Waals surface area contributed by atoms with Gasteiger partial charge in [0.2, 0.25) is 5.88 Å². The molecule has 0 fully saturated rings. The van der Waals surface area contributed by atoms with E-state index in [1.807, 2.05) is 29.2 Å². The van der Waals surface area contributed by atoms with Crippen LogP contribution < -0.4 is 9.64 Å². The van der Waals surface area contributed by atoms with E-state index in [4.69, 9.17) is 4.74 Å². The molecule has 2 aromatic heterocycles. The van der Waals surface area contributed by atoms with Crippen LogP contribution in [0.5, 0.6) is 5.88 Å². The predicted molar refractivity (Wildman–Crippen MR) is 85.6 cm³/mol. The van der Waals surface area contributed by atoms with Gasteiger partial charge in [0.15, 0.2) is 11.6 Å². The molecule has 0 radical (unpaired) electrons. The number of carbonyl (C=O) groups is 1. The van der Waals surface area contributed by atoms with Crippen molar-refractivity contribution in [2.24, 2.45) is 4.99 Å². The second kappa shape index (κ2) is 4.87. The number of fused-ring (bicyclic) bond motifs is 2. The van der Waals surface area contributed by atoms with Crippen LogP contribution in [0.2, 0.25) is 0 Å². The summed E-state index contributed by atoms with van der Waals surface area (Å²) >= 11 is 0. The zero-order chi connectivity index (χ0) is 16.0. The molecule has 0 saturated heterocycles. The van der Waals surface area contributed by atoms with Gasteiger partial charge in [0.05, 0.1) is 19.2 Å². The number of hydrogen-bond acceptors (Lipinski definition) is 5. The summed E-state index contributed by atoms with van der Waals surface area (Å²) in [6, 6.07) is 7.68. The average molecular weight is 311 g/mol. The Morgan fingerprint density at radius 2 is 2.22 bits per heavy atom. The third-order valence-corrected chi connectivity index (χ3v) is 3.80. The first kappa shape index (κ1) is 13.4. The summed E-state index contributed by atoms with van der Waals surface area (Å²) in [5.74, 6) is 0.183. The second-order valence-electron chi connectivity index (χ2n) is 5.05. The van der Waals surface area contributed by atoms with E-state index < -0.39 is 5.97 Å². The van der Waals surface area contributed by atoms with Gasteiger partial charge in [-0.15, -0.1) is 0 Å². The maximum absolute atomic E-state index is 11.7. The summed E-state index contributed by atoms with van der Waals surface area (Å²) < 4.78 is 5.15. The maximum Gasteiger partial charge on any atom is 0.343 e. The van der Waals surface area contributed by atoms with Crippen molar-refractivity contribution in [2.45, 2.75) is 0 Å². The van der Waals surface area contributed by atoms with Crippen LogP contribution >= 0.6 is 0 Å². The minimum Gasteiger partial charge on any atom is -0.482 e. The molecule has 3 N–H and O–H groups in total. The smallest absolute Gasteiger partial charge is 0.343 e. The highest BCUT2D eigenvalue weighted by Crippen LogP contribution is 2.44. The Morgan fingerprint density at radius 3 is 3.00 bits per heavy atom. The molecule has 23 heavy (non-hydrogen) atoms. The number of aromatic carboxylic acids is 1. The molecule has 0 saturated carbocycles. The van der Waals surface area contributed by atoms with Gasteiger partial charge in [-0.3, -0.25) is 5.10 Å². The molecule has 1 aliphatic heterocycles. The normalized spacial score (nSPS) is 13.3. The van der Waals surface area contributed by atoms with Crippen LogP contribution in [0.4, 0.5) is 17.3 Å². The minimum atomic E-state index is -1.08. The molecule has 0 amide bonds. The zero-order valence-electron chi connectivity index (χ0n) is 12.2. The van der Waals surface area contributed by atoms with Crippen molar-refractivity contribution in [3.8, 4) is 5.88 Å². The summed E-state index contributed by atoms with van der Waals surface area (Å²) in [4.78, 5) is 20.6. The van der Waals surface area contributed by atoms with Crippen molar-refractivity contribution >= 4 is 40.4 Å². The van der Waals surface area contributed by atoms with E-state index in [1.165, 1.54) is 7.11 Å². The number of benzene rings is 1. The van der Waals surface area contributed by atoms with E-state index in [9.17, 15) is 9.90 Å². The zero-order valence-corrected chi connectivity index (χ0v) is 12.2. The lowest BCUT2D eigenvalue weighted by Gasteiger charge is -2.23. The molecule has 0 unspecified atom stereocenters. The van der Waals surface area contributed by atoms with Crippen molar-refractivity contribution in [1.82, 2.24) is 15.2 Å². The first-order valence-corrected chi connectivity index (χ1v) is 6.97. The van der Waals surface area contributed by atoms with E-state index >= 15 is 0 Å². The first-order valence-electron chi connectivity index (χ1n) is 6.97. The van der Waals surface area contributed by atoms with Crippen LogP contribution in [0.25, 0.3) is 10.9 Å². The number of hydrogen-bond donors (Lipinski definition) is 3. The average Bonchev–Trinajstić information content (AvgIpc) is 3.15. The monoisotopic (exact) mass is 311 g/mol. The van der Waals surface area contributed by atoms with Crippen molar-refractivity contribution < 1.29 is 14.6 Å². The molecular weight excluding hydrogens is 298 g/mol. The van der Waals surface area contributed by atoms with Crippen LogP contribution in [0.3, 0.4) is 0 Å². The molecule has 0 atom stereocenters. The van der Waals surface area contributed by atoms with Gasteiger partial charge < -0.3 is 19.7 Å². The van der Waals surface area contributed by atoms with Gasteiger partial charge in [-0.25, -0.2) is 9.79 Å². The number of aliphatic imine (C=N–C) groups is 1. The van der Waals surface area contributed by atoms with E-state index in [0.717, 1.165) is 10.9 Å². The minimum absolute atomic E-state index is 0.0476. The Balaban J connectivity index is 1.95. The highest BCUT2D eigenvalue weighted by molar-refractivity contribution is 6.06. The largest absolute Gasteiger partial charge is 0.482 e. The third kappa shape index (κ3) is 1.88. The number of aromatic nitrogens is 3. The lowest BCUT2D eigenvalue weighted by atomic mass is 10.2. The molecule has 0 aliphatic carbocycles. The summed E-state index contributed by atoms with van der Waals surface area (Å²) in [5, 5.41) is 17.8. The van der Waals surface area contributed by atoms with Gasteiger partial charge in [-0.2, -0.15) is 5.10 Å². The lowest BCUT2D eigenvalue weighted by molar-refractivity contribution is 0.0694. The van der Waals surface area contributed by atoms with E-state index in [0.29, 0.717) is 23.9 Å². The Kier molecular flexibility index (Phi) is 2.83. The summed E-state index contributed by atoms with van der Waals surface area (Å²) in [6.07, 6.45) is 1.70. The second-order valence-corrected chi connectivity index (χ2v) is 5.05. The number of anilines is 2. The van der Waals surface area contributed by atoms with E-state index in [2.05, 4.69) is 20.2 Å². The Hall–Kier alpha value is -3.29. The highest BCUT2D eigenvalue weighted by Gasteiger charge is 2.31. The number of rotatable bonds is 3. The molecular formula is C15H13N5O3. The fourth-order valence-electron chi connectivity index (χ4n) is 2.82. The molecule has 0 spiro atoms. The number of ether oxygens (including phenoxy) is 1. The topological polar surface area (TPSA) is 107 Å². The Morgan fingerprint density at radius 1 is 1.39 bits per heavy atom. The summed E-state index contributed by atoms with van der Waals surface area (Å²) in [5.41, 5.74) is 1.38. The number of para-hydroxylation sites is 1. The van der Waals surface area contributed by atoms with Crippen LogP contribution in [0.1, 0.15) is 10.4 Å². The number of aromatic amines is 2. The number of carboxylic acid groups (broad SMARTS) is 1. The standard InChI is InChI=1S/C15H13N5O3/c1-23-14-10(15(21)22)11-12(17-14)16-6-7-20(11)13-8-4-2-3-5-9(8)18-19-13/h2-6,17H,7H2,1H3,(H,18,19)(H,21,22). The molecule has 0 bridgehead atoms. The van der Waals surface area contributed by atoms with Gasteiger partial charge >= 0.3 is 5.97 Å². The van der Waals surface area contributed by atoms with Crippen molar-refractivity contribution in [3.05, 3.63) is 29.8 Å². The number of carboxylic acids is 1. The van der Waals surface area contributed by atoms with Gasteiger partial charge in [0.1, 0.15) is 11.3 Å². The third-order valence-electron chi connectivity index (χ3n) is 3.80. The Labute approximate surface area is 130 Å². The quantitative estimate of drug-likeness (QED) is 0.689. The lowest BCUT2D eigenvalue weighted by Crippen LogP contribution is -2.24. The van der Waals surface area contributed by atoms with Crippen molar-refractivity contribution in [1.29, 1.82) is 0 Å². The molecule has 3 heterocycles. The van der Waals surface area contributed by atoms with Crippen molar-refractivity contribution in [2.75, 3.05) is 18.6 Å². The first-order chi connectivity index (χ1) is 11.2. The summed E-state index contributed by atoms with van der Waals surface area (Å²) in [7, 11) is 1.42. The SMILES string of the molecule is COc1[nH]c2c(c1C(=O)O)N(c1n[nH]c3ccccc13)CC=N2. The van der Waals surface area contributed by atoms with Gasteiger partial charge in [-0.1, -0.05) is 12.1 Å². The molecule has 1 aliphatic rings.